The van der Waals surface area contributed by atoms with E-state index in [0.29, 0.717) is 18.8 Å². The molecule has 1 atom stereocenters. The Balaban J connectivity index is 2.68. The summed E-state index contributed by atoms with van der Waals surface area (Å²) in [4.78, 5) is 11.0. The number of benzene rings is 1. The summed E-state index contributed by atoms with van der Waals surface area (Å²) < 4.78 is 12.7. The second kappa shape index (κ2) is 5.64. The van der Waals surface area contributed by atoms with Crippen LogP contribution in [0.25, 0.3) is 0 Å². The molecular weight excluding hydrogens is 207 g/mol. The minimum atomic E-state index is -0.780. The van der Waals surface area contributed by atoms with Gasteiger partial charge in [-0.05, 0) is 36.5 Å². The Labute approximate surface area is 95.1 Å². The topological polar surface area (TPSA) is 37.3 Å². The Kier molecular flexibility index (Phi) is 4.47. The van der Waals surface area contributed by atoms with E-state index >= 15 is 0 Å². The molecule has 0 aliphatic heterocycles. The third kappa shape index (κ3) is 4.01. The number of carboxylic acids is 1. The summed E-state index contributed by atoms with van der Waals surface area (Å²) in [5, 5.41) is 9.06. The molecule has 0 radical (unpaired) electrons. The lowest BCUT2D eigenvalue weighted by atomic mass is 9.91. The van der Waals surface area contributed by atoms with Gasteiger partial charge in [0.15, 0.2) is 0 Å². The van der Waals surface area contributed by atoms with Crippen LogP contribution >= 0.6 is 0 Å². The van der Waals surface area contributed by atoms with Crippen molar-refractivity contribution in [2.75, 3.05) is 0 Å². The molecule has 3 heteroatoms. The molecule has 16 heavy (non-hydrogen) atoms. The average molecular weight is 224 g/mol. The predicted octanol–water partition coefficient (Wildman–Crippen LogP) is 3.12. The Bertz CT molecular complexity index is 343. The van der Waals surface area contributed by atoms with E-state index < -0.39 is 5.97 Å². The average Bonchev–Trinajstić information content (AvgIpc) is 2.19. The van der Waals surface area contributed by atoms with Gasteiger partial charge in [-0.25, -0.2) is 4.39 Å². The maximum atomic E-state index is 12.7. The first-order valence-electron chi connectivity index (χ1n) is 5.46. The summed E-state index contributed by atoms with van der Waals surface area (Å²) in [6.45, 7) is 4.00. The maximum Gasteiger partial charge on any atom is 0.306 e. The van der Waals surface area contributed by atoms with Gasteiger partial charge in [0.1, 0.15) is 5.82 Å². The molecule has 1 unspecified atom stereocenters. The van der Waals surface area contributed by atoms with E-state index in [4.69, 9.17) is 5.11 Å². The third-order valence-corrected chi connectivity index (χ3v) is 2.50. The molecule has 88 valence electrons. The van der Waals surface area contributed by atoms with Gasteiger partial charge in [-0.3, -0.25) is 4.79 Å². The molecule has 0 bridgehead atoms. The van der Waals surface area contributed by atoms with Gasteiger partial charge in [-0.1, -0.05) is 26.0 Å². The summed E-state index contributed by atoms with van der Waals surface area (Å²) >= 11 is 0. The monoisotopic (exact) mass is 224 g/mol. The molecular formula is C13H17FO2. The molecule has 1 aromatic rings. The first-order chi connectivity index (χ1) is 7.49. The van der Waals surface area contributed by atoms with E-state index in [2.05, 4.69) is 0 Å². The summed E-state index contributed by atoms with van der Waals surface area (Å²) in [5.74, 6) is -1.11. The minimum Gasteiger partial charge on any atom is -0.481 e. The minimum absolute atomic E-state index is 0.292. The van der Waals surface area contributed by atoms with E-state index in [0.717, 1.165) is 5.56 Å². The van der Waals surface area contributed by atoms with Crippen LogP contribution in [-0.2, 0) is 11.2 Å². The molecule has 0 fully saturated rings. The largest absolute Gasteiger partial charge is 0.481 e. The fourth-order valence-corrected chi connectivity index (χ4v) is 1.75. The Hall–Kier alpha value is -1.38. The standard InChI is InChI=1S/C13H17FO2/c1-9(2)7-11(13(15)16)8-10-3-5-12(14)6-4-10/h3-6,9,11H,7-8H2,1-2H3,(H,15,16). The fraction of sp³-hybridized carbons (Fsp3) is 0.462. The van der Waals surface area contributed by atoms with Gasteiger partial charge in [0.25, 0.3) is 0 Å². The lowest BCUT2D eigenvalue weighted by Crippen LogP contribution is -2.18. The van der Waals surface area contributed by atoms with Crippen molar-refractivity contribution in [2.45, 2.75) is 26.7 Å². The summed E-state index contributed by atoms with van der Waals surface area (Å²) in [6, 6.07) is 6.02. The van der Waals surface area contributed by atoms with Crippen molar-refractivity contribution in [2.24, 2.45) is 11.8 Å². The Morgan fingerprint density at radius 3 is 2.31 bits per heavy atom. The Morgan fingerprint density at radius 2 is 1.88 bits per heavy atom. The molecule has 1 rings (SSSR count). The molecule has 0 aromatic heterocycles. The number of carboxylic acid groups (broad SMARTS) is 1. The smallest absolute Gasteiger partial charge is 0.306 e. The molecule has 0 aliphatic carbocycles. The van der Waals surface area contributed by atoms with Crippen molar-refractivity contribution in [3.8, 4) is 0 Å². The van der Waals surface area contributed by atoms with E-state index in [1.807, 2.05) is 13.8 Å². The van der Waals surface area contributed by atoms with Gasteiger partial charge in [-0.15, -0.1) is 0 Å². The molecule has 1 N–H and O–H groups in total. The van der Waals surface area contributed by atoms with Crippen LogP contribution in [0.4, 0.5) is 4.39 Å². The van der Waals surface area contributed by atoms with Crippen LogP contribution in [0, 0.1) is 17.7 Å². The van der Waals surface area contributed by atoms with Crippen molar-refractivity contribution in [1.29, 1.82) is 0 Å². The Morgan fingerprint density at radius 1 is 1.31 bits per heavy atom. The maximum absolute atomic E-state index is 12.7. The summed E-state index contributed by atoms with van der Waals surface area (Å²) in [6.07, 6.45) is 1.11. The van der Waals surface area contributed by atoms with Crippen molar-refractivity contribution in [3.63, 3.8) is 0 Å². The van der Waals surface area contributed by atoms with Crippen LogP contribution in [0.3, 0.4) is 0 Å². The van der Waals surface area contributed by atoms with Crippen molar-refractivity contribution < 1.29 is 14.3 Å². The van der Waals surface area contributed by atoms with Crippen molar-refractivity contribution in [3.05, 3.63) is 35.6 Å². The van der Waals surface area contributed by atoms with Crippen LogP contribution in [0.1, 0.15) is 25.8 Å². The number of rotatable bonds is 5. The summed E-state index contributed by atoms with van der Waals surface area (Å²) in [7, 11) is 0. The van der Waals surface area contributed by atoms with E-state index in [-0.39, 0.29) is 11.7 Å². The highest BCUT2D eigenvalue weighted by Gasteiger charge is 2.19. The first kappa shape index (κ1) is 12.7. The SMILES string of the molecule is CC(C)CC(Cc1ccc(F)cc1)C(=O)O. The molecule has 0 amide bonds. The number of carbonyl (C=O) groups is 1. The molecule has 0 spiro atoms. The lowest BCUT2D eigenvalue weighted by molar-refractivity contribution is -0.142. The number of halogens is 1. The molecule has 0 heterocycles. The van der Waals surface area contributed by atoms with E-state index in [9.17, 15) is 9.18 Å². The van der Waals surface area contributed by atoms with Gasteiger partial charge >= 0.3 is 5.97 Å². The van der Waals surface area contributed by atoms with Crippen molar-refractivity contribution in [1.82, 2.24) is 0 Å². The van der Waals surface area contributed by atoms with Gasteiger partial charge < -0.3 is 5.11 Å². The molecule has 0 aliphatic rings. The third-order valence-electron chi connectivity index (χ3n) is 2.50. The van der Waals surface area contributed by atoms with Gasteiger partial charge in [0.05, 0.1) is 5.92 Å². The summed E-state index contributed by atoms with van der Waals surface area (Å²) in [5.41, 5.74) is 0.870. The van der Waals surface area contributed by atoms with Gasteiger partial charge in [0.2, 0.25) is 0 Å². The van der Waals surface area contributed by atoms with Crippen LogP contribution in [0.2, 0.25) is 0 Å². The molecule has 0 saturated carbocycles. The predicted molar refractivity (Wildman–Crippen MR) is 60.7 cm³/mol. The highest BCUT2D eigenvalue weighted by molar-refractivity contribution is 5.70. The second-order valence-electron chi connectivity index (χ2n) is 4.50. The lowest BCUT2D eigenvalue weighted by Gasteiger charge is -2.14. The molecule has 1 aromatic carbocycles. The highest BCUT2D eigenvalue weighted by Crippen LogP contribution is 2.17. The van der Waals surface area contributed by atoms with Crippen LogP contribution in [0.15, 0.2) is 24.3 Å². The van der Waals surface area contributed by atoms with Crippen LogP contribution in [-0.4, -0.2) is 11.1 Å². The fourth-order valence-electron chi connectivity index (χ4n) is 1.75. The zero-order valence-corrected chi connectivity index (χ0v) is 9.61. The molecule has 2 nitrogen and oxygen atoms in total. The normalized spacial score (nSPS) is 12.8. The van der Waals surface area contributed by atoms with Crippen LogP contribution in [0.5, 0.6) is 0 Å². The van der Waals surface area contributed by atoms with E-state index in [1.54, 1.807) is 12.1 Å². The molecule has 0 saturated heterocycles. The quantitative estimate of drug-likeness (QED) is 0.834. The van der Waals surface area contributed by atoms with Crippen molar-refractivity contribution >= 4 is 5.97 Å². The highest BCUT2D eigenvalue weighted by atomic mass is 19.1. The van der Waals surface area contributed by atoms with Crippen LogP contribution < -0.4 is 0 Å². The number of hydrogen-bond acceptors (Lipinski definition) is 1. The zero-order chi connectivity index (χ0) is 12.1. The second-order valence-corrected chi connectivity index (χ2v) is 4.50. The zero-order valence-electron chi connectivity index (χ0n) is 9.61. The number of aliphatic carboxylic acids is 1. The van der Waals surface area contributed by atoms with E-state index in [1.165, 1.54) is 12.1 Å². The van der Waals surface area contributed by atoms with Gasteiger partial charge in [0, 0.05) is 0 Å². The number of hydrogen-bond donors (Lipinski definition) is 1. The first-order valence-corrected chi connectivity index (χ1v) is 5.46. The van der Waals surface area contributed by atoms with Gasteiger partial charge in [-0.2, -0.15) is 0 Å².